The molecule has 2 amide bonds. The number of para-hydroxylation sites is 1. The molecule has 5 N–H and O–H groups in total. The summed E-state index contributed by atoms with van der Waals surface area (Å²) in [5.41, 5.74) is 12.4. The van der Waals surface area contributed by atoms with Crippen LogP contribution in [0, 0.1) is 0 Å². The molecule has 1 aromatic heterocycles. The summed E-state index contributed by atoms with van der Waals surface area (Å²) in [7, 11) is 0. The van der Waals surface area contributed by atoms with Crippen LogP contribution in [-0.2, 0) is 26.2 Å². The van der Waals surface area contributed by atoms with Crippen LogP contribution in [0.25, 0.3) is 10.9 Å². The van der Waals surface area contributed by atoms with Crippen molar-refractivity contribution in [2.24, 2.45) is 5.73 Å². The zero-order valence-corrected chi connectivity index (χ0v) is 26.9. The second-order valence-corrected chi connectivity index (χ2v) is 12.3. The van der Waals surface area contributed by atoms with Gasteiger partial charge in [0.2, 0.25) is 11.8 Å². The van der Waals surface area contributed by atoms with Gasteiger partial charge < -0.3 is 16.0 Å². The Morgan fingerprint density at radius 2 is 1.38 bits per heavy atom. The molecule has 1 fully saturated rings. The Kier molecular flexibility index (Phi) is 9.87. The third-order valence-electron chi connectivity index (χ3n) is 9.13. The SMILES string of the molecule is NC(=O)[C@H](CS)NC(=O)[C@@H]1CCCN1N[C@@H](Cc1c[nH]c2ccccc12)C(=O)C(c1ccccc1)(c1ccccc1)c1ccccc1. The summed E-state index contributed by atoms with van der Waals surface area (Å²) in [5, 5.41) is 5.65. The van der Waals surface area contributed by atoms with Gasteiger partial charge in [0.15, 0.2) is 5.78 Å². The van der Waals surface area contributed by atoms with Crippen LogP contribution in [0.1, 0.15) is 35.1 Å². The number of nitrogens with one attached hydrogen (secondary N) is 3. The van der Waals surface area contributed by atoms with Crippen LogP contribution in [0.15, 0.2) is 121 Å². The average molecular weight is 646 g/mol. The van der Waals surface area contributed by atoms with Gasteiger partial charge in [0.1, 0.15) is 17.5 Å². The fraction of sp³-hybridized carbons (Fsp3) is 0.237. The van der Waals surface area contributed by atoms with Crippen LogP contribution in [0.3, 0.4) is 0 Å². The molecule has 0 bridgehead atoms. The molecule has 1 aliphatic rings. The molecule has 1 aliphatic heterocycles. The van der Waals surface area contributed by atoms with Crippen LogP contribution < -0.4 is 16.5 Å². The maximum Gasteiger partial charge on any atom is 0.240 e. The lowest BCUT2D eigenvalue weighted by atomic mass is 9.64. The Hall–Kier alpha value is -4.70. The van der Waals surface area contributed by atoms with Crippen molar-refractivity contribution < 1.29 is 14.4 Å². The fourth-order valence-electron chi connectivity index (χ4n) is 6.84. The average Bonchev–Trinajstić information content (AvgIpc) is 3.75. The number of amides is 2. The van der Waals surface area contributed by atoms with E-state index in [4.69, 9.17) is 5.73 Å². The van der Waals surface area contributed by atoms with Crippen molar-refractivity contribution in [2.75, 3.05) is 12.3 Å². The number of hydrogen-bond acceptors (Lipinski definition) is 6. The quantitative estimate of drug-likeness (QED) is 0.0951. The Morgan fingerprint density at radius 3 is 1.94 bits per heavy atom. The zero-order valence-electron chi connectivity index (χ0n) is 26.0. The molecule has 8 nitrogen and oxygen atoms in total. The number of aromatic nitrogens is 1. The molecule has 5 aromatic rings. The Balaban J connectivity index is 1.47. The highest BCUT2D eigenvalue weighted by atomic mass is 32.1. The van der Waals surface area contributed by atoms with Gasteiger partial charge in [-0.3, -0.25) is 14.4 Å². The van der Waals surface area contributed by atoms with E-state index in [9.17, 15) is 9.59 Å². The fourth-order valence-corrected chi connectivity index (χ4v) is 7.11. The number of Topliss-reactive ketones (excluding diaryl/α,β-unsaturated/α-hetero) is 1. The van der Waals surface area contributed by atoms with Gasteiger partial charge in [0.05, 0.1) is 6.04 Å². The number of H-pyrrole nitrogens is 1. The molecule has 0 aliphatic carbocycles. The summed E-state index contributed by atoms with van der Waals surface area (Å²) in [4.78, 5) is 44.5. The minimum atomic E-state index is -1.17. The lowest BCUT2D eigenvalue weighted by Crippen LogP contribution is -2.60. The van der Waals surface area contributed by atoms with Crippen molar-refractivity contribution >= 4 is 41.1 Å². The smallest absolute Gasteiger partial charge is 0.240 e. The van der Waals surface area contributed by atoms with Crippen LogP contribution in [0.4, 0.5) is 0 Å². The molecule has 0 saturated carbocycles. The van der Waals surface area contributed by atoms with Crippen molar-refractivity contribution in [3.63, 3.8) is 0 Å². The number of nitrogens with two attached hydrogens (primary N) is 1. The first-order chi connectivity index (χ1) is 22.9. The molecular weight excluding hydrogens is 607 g/mol. The number of rotatable bonds is 13. The number of aromatic amines is 1. The topological polar surface area (TPSA) is 120 Å². The molecule has 4 aromatic carbocycles. The molecule has 240 valence electrons. The van der Waals surface area contributed by atoms with Crippen LogP contribution >= 0.6 is 12.6 Å². The summed E-state index contributed by atoms with van der Waals surface area (Å²) in [6, 6.07) is 35.5. The third-order valence-corrected chi connectivity index (χ3v) is 9.49. The summed E-state index contributed by atoms with van der Waals surface area (Å²) < 4.78 is 0. The lowest BCUT2D eigenvalue weighted by Gasteiger charge is -2.39. The second-order valence-electron chi connectivity index (χ2n) is 12.0. The van der Waals surface area contributed by atoms with Crippen molar-refractivity contribution in [3.05, 3.63) is 144 Å². The van der Waals surface area contributed by atoms with E-state index in [2.05, 4.69) is 34.4 Å². The van der Waals surface area contributed by atoms with Gasteiger partial charge in [-0.1, -0.05) is 109 Å². The number of carbonyl (C=O) groups is 3. The largest absolute Gasteiger partial charge is 0.368 e. The van der Waals surface area contributed by atoms with Crippen molar-refractivity contribution in [3.8, 4) is 0 Å². The molecule has 47 heavy (non-hydrogen) atoms. The molecular formula is C38H39N5O3S. The van der Waals surface area contributed by atoms with Gasteiger partial charge in [-0.15, -0.1) is 0 Å². The van der Waals surface area contributed by atoms with E-state index in [0.717, 1.165) is 39.6 Å². The second kappa shape index (κ2) is 14.4. The van der Waals surface area contributed by atoms with Crippen molar-refractivity contribution in [2.45, 2.75) is 42.8 Å². The molecule has 0 unspecified atom stereocenters. The van der Waals surface area contributed by atoms with Gasteiger partial charge in [-0.25, -0.2) is 10.4 Å². The number of hydrazine groups is 1. The van der Waals surface area contributed by atoms with Gasteiger partial charge in [-0.2, -0.15) is 12.6 Å². The monoisotopic (exact) mass is 645 g/mol. The molecule has 9 heteroatoms. The summed E-state index contributed by atoms with van der Waals surface area (Å²) in [6.45, 7) is 0.548. The minimum Gasteiger partial charge on any atom is -0.368 e. The van der Waals surface area contributed by atoms with Crippen LogP contribution in [0.2, 0.25) is 0 Å². The number of nitrogens with zero attached hydrogens (tertiary/aromatic N) is 1. The summed E-state index contributed by atoms with van der Waals surface area (Å²) in [5.74, 6) is -0.928. The highest BCUT2D eigenvalue weighted by molar-refractivity contribution is 7.80. The van der Waals surface area contributed by atoms with Crippen LogP contribution in [0.5, 0.6) is 0 Å². The van der Waals surface area contributed by atoms with E-state index >= 15 is 4.79 Å². The Bertz CT molecular complexity index is 1730. The van der Waals surface area contributed by atoms with E-state index in [1.807, 2.05) is 120 Å². The van der Waals surface area contributed by atoms with E-state index in [0.29, 0.717) is 19.4 Å². The number of thiol groups is 1. The summed E-state index contributed by atoms with van der Waals surface area (Å²) >= 11 is 4.20. The number of carbonyl (C=O) groups excluding carboxylic acids is 3. The van der Waals surface area contributed by atoms with Gasteiger partial charge in [-0.05, 0) is 47.6 Å². The van der Waals surface area contributed by atoms with E-state index in [-0.39, 0.29) is 17.4 Å². The standard InChI is InChI=1S/C38H39N5O3S/c39-36(45)33(25-47)41-37(46)34-21-12-22-43(34)42-32(23-26-24-40-31-20-11-10-19-30(26)31)35(44)38(27-13-4-1-5-14-27,28-15-6-2-7-16-28)29-17-8-3-9-18-29/h1-11,13-20,24,32-34,40,42,47H,12,21-23,25H2,(H2,39,45)(H,41,46)/t32-,33-,34-/m0/s1. The predicted molar refractivity (Wildman–Crippen MR) is 188 cm³/mol. The maximum atomic E-state index is 15.7. The number of primary amides is 1. The first-order valence-corrected chi connectivity index (χ1v) is 16.6. The molecule has 6 rings (SSSR count). The third kappa shape index (κ3) is 6.47. The Labute approximate surface area is 280 Å². The van der Waals surface area contributed by atoms with Gasteiger partial charge in [0, 0.05) is 29.4 Å². The molecule has 1 saturated heterocycles. The molecule has 2 heterocycles. The normalized spacial score (nSPS) is 16.5. The van der Waals surface area contributed by atoms with Crippen molar-refractivity contribution in [1.82, 2.24) is 20.7 Å². The predicted octanol–water partition coefficient (Wildman–Crippen LogP) is 4.55. The van der Waals surface area contributed by atoms with E-state index < -0.39 is 29.4 Å². The van der Waals surface area contributed by atoms with E-state index in [1.54, 1.807) is 0 Å². The zero-order chi connectivity index (χ0) is 32.8. The maximum absolute atomic E-state index is 15.7. The highest BCUT2D eigenvalue weighted by Gasteiger charge is 2.47. The first-order valence-electron chi connectivity index (χ1n) is 15.9. The number of fused-ring (bicyclic) bond motifs is 1. The van der Waals surface area contributed by atoms with Gasteiger partial charge >= 0.3 is 0 Å². The minimum absolute atomic E-state index is 0.0530. The number of hydrogen-bond donors (Lipinski definition) is 5. The summed E-state index contributed by atoms with van der Waals surface area (Å²) in [6.07, 6.45) is 3.62. The first kappa shape index (κ1) is 32.2. The van der Waals surface area contributed by atoms with Crippen molar-refractivity contribution in [1.29, 1.82) is 0 Å². The number of benzene rings is 4. The number of ketones is 1. The molecule has 0 spiro atoms. The molecule has 3 atom stereocenters. The van der Waals surface area contributed by atoms with Gasteiger partial charge in [0.25, 0.3) is 0 Å². The highest BCUT2D eigenvalue weighted by Crippen LogP contribution is 2.41. The Morgan fingerprint density at radius 1 is 0.830 bits per heavy atom. The lowest BCUT2D eigenvalue weighted by molar-refractivity contribution is -0.132. The molecule has 0 radical (unpaired) electrons. The van der Waals surface area contributed by atoms with Crippen LogP contribution in [-0.4, -0.2) is 58.0 Å². The van der Waals surface area contributed by atoms with E-state index in [1.165, 1.54) is 0 Å².